The number of hydrogen-bond donors (Lipinski definition) is 3. The number of rotatable bonds is 6. The molecule has 0 bridgehead atoms. The third-order valence-corrected chi connectivity index (χ3v) is 7.85. The number of fused-ring (bicyclic) bond motifs is 1. The number of benzene rings is 2. The average Bonchev–Trinajstić information content (AvgIpc) is 3.21. The van der Waals surface area contributed by atoms with Gasteiger partial charge in [0.2, 0.25) is 15.9 Å². The zero-order valence-corrected chi connectivity index (χ0v) is 20.1. The summed E-state index contributed by atoms with van der Waals surface area (Å²) >= 11 is 6.18. The van der Waals surface area contributed by atoms with Crippen LogP contribution >= 0.6 is 11.6 Å². The molecule has 0 aliphatic carbocycles. The fraction of sp³-hybridized carbons (Fsp3) is 0.364. The minimum Gasteiger partial charge on any atom is -0.492 e. The highest BCUT2D eigenvalue weighted by molar-refractivity contribution is 7.89. The van der Waals surface area contributed by atoms with E-state index in [4.69, 9.17) is 20.8 Å². The van der Waals surface area contributed by atoms with Gasteiger partial charge in [0.25, 0.3) is 0 Å². The SMILES string of the molecule is Cc1ccc(F)c([C@@H](C)[C@H](NS(=O)(=O)c2ccc(Cl)c3c2OCC[C@H]3O)c2n[nH]c(=O)o2)c1C. The van der Waals surface area contributed by atoms with E-state index >= 15 is 0 Å². The van der Waals surface area contributed by atoms with E-state index in [1.165, 1.54) is 18.2 Å². The van der Waals surface area contributed by atoms with E-state index in [0.717, 1.165) is 5.56 Å². The molecule has 12 heteroatoms. The Morgan fingerprint density at radius 1 is 1.29 bits per heavy atom. The van der Waals surface area contributed by atoms with Crippen molar-refractivity contribution in [3.05, 3.63) is 73.8 Å². The molecule has 0 unspecified atom stereocenters. The second kappa shape index (κ2) is 9.14. The number of hydrogen-bond acceptors (Lipinski definition) is 7. The van der Waals surface area contributed by atoms with Crippen LogP contribution in [0.5, 0.6) is 5.75 Å². The fourth-order valence-electron chi connectivity index (χ4n) is 4.14. The Labute approximate surface area is 200 Å². The van der Waals surface area contributed by atoms with E-state index in [-0.39, 0.29) is 45.7 Å². The van der Waals surface area contributed by atoms with Gasteiger partial charge in [0, 0.05) is 17.9 Å². The predicted molar refractivity (Wildman–Crippen MR) is 121 cm³/mol. The molecule has 2 heterocycles. The molecular formula is C22H23ClFN3O6S. The Morgan fingerprint density at radius 3 is 2.71 bits per heavy atom. The maximum absolute atomic E-state index is 14.9. The van der Waals surface area contributed by atoms with Gasteiger partial charge in [-0.25, -0.2) is 22.7 Å². The van der Waals surface area contributed by atoms with Gasteiger partial charge < -0.3 is 14.3 Å². The highest BCUT2D eigenvalue weighted by Crippen LogP contribution is 2.42. The quantitative estimate of drug-likeness (QED) is 0.461. The van der Waals surface area contributed by atoms with Gasteiger partial charge in [-0.1, -0.05) is 24.6 Å². The maximum Gasteiger partial charge on any atom is 0.434 e. The number of nitrogens with one attached hydrogen (secondary N) is 2. The van der Waals surface area contributed by atoms with Gasteiger partial charge in [-0.2, -0.15) is 4.72 Å². The molecule has 0 spiro atoms. The first-order chi connectivity index (χ1) is 16.0. The number of aromatic nitrogens is 2. The number of halogens is 2. The first kappa shape index (κ1) is 24.4. The molecule has 182 valence electrons. The second-order valence-electron chi connectivity index (χ2n) is 8.18. The van der Waals surface area contributed by atoms with Crippen LogP contribution in [-0.2, 0) is 10.0 Å². The van der Waals surface area contributed by atoms with Crippen LogP contribution in [0.4, 0.5) is 4.39 Å². The van der Waals surface area contributed by atoms with Crippen molar-refractivity contribution < 1.29 is 27.1 Å². The third-order valence-electron chi connectivity index (χ3n) is 6.06. The van der Waals surface area contributed by atoms with Crippen molar-refractivity contribution in [3.8, 4) is 5.75 Å². The number of H-pyrrole nitrogens is 1. The Bertz CT molecular complexity index is 1400. The highest BCUT2D eigenvalue weighted by atomic mass is 35.5. The largest absolute Gasteiger partial charge is 0.492 e. The highest BCUT2D eigenvalue weighted by Gasteiger charge is 2.36. The molecule has 4 rings (SSSR count). The molecule has 1 aliphatic heterocycles. The van der Waals surface area contributed by atoms with Crippen molar-refractivity contribution in [2.24, 2.45) is 0 Å². The van der Waals surface area contributed by atoms with E-state index in [1.54, 1.807) is 19.9 Å². The molecule has 3 N–H and O–H groups in total. The van der Waals surface area contributed by atoms with Crippen LogP contribution in [0, 0.1) is 19.7 Å². The minimum absolute atomic E-state index is 0.0634. The van der Waals surface area contributed by atoms with Crippen molar-refractivity contribution in [1.82, 2.24) is 14.9 Å². The number of aliphatic hydroxyl groups is 1. The zero-order chi connectivity index (χ0) is 24.8. The summed E-state index contributed by atoms with van der Waals surface area (Å²) in [5.41, 5.74) is 1.86. The minimum atomic E-state index is -4.35. The lowest BCUT2D eigenvalue weighted by Crippen LogP contribution is -2.33. The van der Waals surface area contributed by atoms with Crippen molar-refractivity contribution in [1.29, 1.82) is 0 Å². The Hall–Kier alpha value is -2.73. The molecular weight excluding hydrogens is 489 g/mol. The fourth-order valence-corrected chi connectivity index (χ4v) is 5.85. The normalized spacial score (nSPS) is 17.6. The Kier molecular flexibility index (Phi) is 6.56. The molecule has 0 radical (unpaired) electrons. The Balaban J connectivity index is 1.82. The van der Waals surface area contributed by atoms with Crippen molar-refractivity contribution in [2.45, 2.75) is 50.2 Å². The van der Waals surface area contributed by atoms with Crippen molar-refractivity contribution in [3.63, 3.8) is 0 Å². The molecule has 1 aromatic heterocycles. The lowest BCUT2D eigenvalue weighted by molar-refractivity contribution is 0.113. The third kappa shape index (κ3) is 4.36. The van der Waals surface area contributed by atoms with Gasteiger partial charge in [0.1, 0.15) is 22.5 Å². The van der Waals surface area contributed by atoms with Crippen LogP contribution in [0.1, 0.15) is 59.6 Å². The maximum atomic E-state index is 14.9. The van der Waals surface area contributed by atoms with Gasteiger partial charge in [-0.15, -0.1) is 5.10 Å². The van der Waals surface area contributed by atoms with Crippen molar-refractivity contribution >= 4 is 21.6 Å². The summed E-state index contributed by atoms with van der Waals surface area (Å²) in [5.74, 6) is -2.57. The summed E-state index contributed by atoms with van der Waals surface area (Å²) in [4.78, 5) is 11.4. The molecule has 0 fully saturated rings. The van der Waals surface area contributed by atoms with E-state index in [9.17, 15) is 22.7 Å². The number of sulfonamides is 1. The van der Waals surface area contributed by atoms with Crippen molar-refractivity contribution in [2.75, 3.05) is 6.61 Å². The summed E-state index contributed by atoms with van der Waals surface area (Å²) in [6.45, 7) is 5.23. The van der Waals surface area contributed by atoms with Crippen LogP contribution in [0.3, 0.4) is 0 Å². The van der Waals surface area contributed by atoms with E-state index in [2.05, 4.69) is 14.9 Å². The monoisotopic (exact) mass is 511 g/mol. The summed E-state index contributed by atoms with van der Waals surface area (Å²) in [6, 6.07) is 4.27. The number of ether oxygens (including phenoxy) is 1. The van der Waals surface area contributed by atoms with Gasteiger partial charge in [0.15, 0.2) is 0 Å². The molecule has 0 amide bonds. The van der Waals surface area contributed by atoms with E-state index in [0.29, 0.717) is 5.56 Å². The van der Waals surface area contributed by atoms with Gasteiger partial charge in [-0.05, 0) is 48.7 Å². The van der Waals surface area contributed by atoms with Gasteiger partial charge in [0.05, 0.1) is 17.7 Å². The zero-order valence-electron chi connectivity index (χ0n) is 18.6. The van der Waals surface area contributed by atoms with E-state index in [1.807, 2.05) is 6.92 Å². The molecule has 3 atom stereocenters. The number of aromatic amines is 1. The molecule has 0 saturated carbocycles. The summed E-state index contributed by atoms with van der Waals surface area (Å²) in [5, 5.41) is 16.4. The summed E-state index contributed by atoms with van der Waals surface area (Å²) in [6.07, 6.45) is -0.734. The number of aliphatic hydroxyl groups excluding tert-OH is 1. The topological polar surface area (TPSA) is 135 Å². The standard InChI is InChI=1S/C22H23ClFN3O6S/c1-10-4-6-14(24)17(11(10)2)12(3)19(21-25-26-22(29)33-21)27-34(30,31)16-7-5-13(23)18-15(28)8-9-32-20(16)18/h4-7,12,15,19,27-28H,8-9H2,1-3H3,(H,26,29)/t12-,15-,19+/m1/s1. The first-order valence-electron chi connectivity index (χ1n) is 10.5. The first-order valence-corrected chi connectivity index (χ1v) is 12.3. The number of nitrogens with zero attached hydrogens (tertiary/aromatic N) is 1. The van der Waals surface area contributed by atoms with Crippen LogP contribution in [0.2, 0.25) is 5.02 Å². The second-order valence-corrected chi connectivity index (χ2v) is 10.3. The molecule has 3 aromatic rings. The van der Waals surface area contributed by atoms with Crippen LogP contribution in [0.15, 0.2) is 38.4 Å². The summed E-state index contributed by atoms with van der Waals surface area (Å²) < 4.78 is 55.0. The lowest BCUT2D eigenvalue weighted by Gasteiger charge is -2.27. The molecule has 1 aliphatic rings. The smallest absolute Gasteiger partial charge is 0.434 e. The summed E-state index contributed by atoms with van der Waals surface area (Å²) in [7, 11) is -4.35. The van der Waals surface area contributed by atoms with Crippen LogP contribution in [-0.4, -0.2) is 30.3 Å². The molecule has 9 nitrogen and oxygen atoms in total. The Morgan fingerprint density at radius 2 is 2.03 bits per heavy atom. The lowest BCUT2D eigenvalue weighted by atomic mass is 9.88. The van der Waals surface area contributed by atoms with Crippen LogP contribution in [0.25, 0.3) is 0 Å². The number of aryl methyl sites for hydroxylation is 1. The molecule has 0 saturated heterocycles. The average molecular weight is 512 g/mol. The molecule has 34 heavy (non-hydrogen) atoms. The van der Waals surface area contributed by atoms with Gasteiger partial charge in [-0.3, -0.25) is 0 Å². The molecule has 2 aromatic carbocycles. The van der Waals surface area contributed by atoms with Gasteiger partial charge >= 0.3 is 5.76 Å². The van der Waals surface area contributed by atoms with E-state index < -0.39 is 39.7 Å². The van der Waals surface area contributed by atoms with Crippen LogP contribution < -0.4 is 15.2 Å². The predicted octanol–water partition coefficient (Wildman–Crippen LogP) is 3.41.